The van der Waals surface area contributed by atoms with Gasteiger partial charge in [-0.1, -0.05) is 277 Å². The molecule has 2 aliphatic rings. The van der Waals surface area contributed by atoms with Crippen LogP contribution < -0.4 is 26.2 Å². The molecule has 0 saturated carbocycles. The number of nitrogens with zero attached hydrogens (tertiary/aromatic N) is 2. The van der Waals surface area contributed by atoms with E-state index < -0.39 is 43.0 Å². The van der Waals surface area contributed by atoms with E-state index in [4.69, 9.17) is 12.6 Å². The van der Waals surface area contributed by atoms with Crippen LogP contribution in [0.5, 0.6) is 0 Å². The fourth-order valence-electron chi connectivity index (χ4n) is 13.0. The highest BCUT2D eigenvalue weighted by Crippen LogP contribution is 2.54. The van der Waals surface area contributed by atoms with Gasteiger partial charge in [-0.05, 0) is 142 Å². The molecule has 14 rings (SSSR count). The predicted molar refractivity (Wildman–Crippen MR) is 370 cm³/mol. The van der Waals surface area contributed by atoms with Crippen LogP contribution in [-0.4, -0.2) is 6.71 Å². The van der Waals surface area contributed by atoms with E-state index in [2.05, 4.69) is 226 Å². The number of hydrogen-bond acceptors (Lipinski definition) is 3. The van der Waals surface area contributed by atoms with Crippen LogP contribution in [0.4, 0.5) is 34.1 Å². The summed E-state index contributed by atoms with van der Waals surface area (Å²) >= 11 is 0. The molecule has 3 heterocycles. The Morgan fingerprint density at radius 1 is 0.337 bits per heavy atom. The molecule has 0 aliphatic carbocycles. The van der Waals surface area contributed by atoms with Gasteiger partial charge >= 0.3 is 0 Å². The average Bonchev–Trinajstić information content (AvgIpc) is 0.809. The third-order valence-corrected chi connectivity index (χ3v) is 17.6. The van der Waals surface area contributed by atoms with Gasteiger partial charge < -0.3 is 14.2 Å². The van der Waals surface area contributed by atoms with E-state index in [1.165, 1.54) is 11.1 Å². The van der Waals surface area contributed by atoms with E-state index in [0.717, 1.165) is 100 Å². The number of fused-ring (bicyclic) bond motifs is 7. The minimum atomic E-state index is -0.664. The van der Waals surface area contributed by atoms with Crippen molar-refractivity contribution in [2.45, 2.75) is 105 Å². The van der Waals surface area contributed by atoms with Gasteiger partial charge in [-0.25, -0.2) is 0 Å². The van der Waals surface area contributed by atoms with Crippen molar-refractivity contribution >= 4 is 79.2 Å². The molecule has 86 heavy (non-hydrogen) atoms. The highest BCUT2D eigenvalue weighted by Gasteiger charge is 2.46. The lowest BCUT2D eigenvalue weighted by atomic mass is 9.33. The van der Waals surface area contributed by atoms with E-state index in [9.17, 15) is 5.48 Å². The standard InChI is InChI=1S/C82H75BN2O/c1-79(2,3)60-43-58(44-61(49-60)80(4,5)6)59-47-73-75-74(48-59)85(76-65(54-31-21-15-22-32-54)50-62(81(7,8)9)51-66(76)55-33-23-16-24-34-55)70-42-40-56(52-27-17-13-18-28-52)45-69(70)83(75)68-41-39-57(53-29-19-14-20-30-53)46-72(68)84(73)71-38-26-36-64-63-35-25-37-67(82(10,11)12)77(63)86-78(64)71/h13-51H,1-12H3/i13D,14D,17D,18D,19D,20D,27D,28D,29D,30D. The minimum Gasteiger partial charge on any atom is -0.454 e. The van der Waals surface area contributed by atoms with E-state index in [-0.39, 0.29) is 57.0 Å². The molecule has 0 amide bonds. The van der Waals surface area contributed by atoms with E-state index in [0.29, 0.717) is 28.1 Å². The molecule has 0 radical (unpaired) electrons. The van der Waals surface area contributed by atoms with E-state index >= 15 is 0 Å². The van der Waals surface area contributed by atoms with Crippen LogP contribution >= 0.6 is 0 Å². The van der Waals surface area contributed by atoms with Gasteiger partial charge in [0, 0.05) is 50.2 Å². The zero-order valence-electron chi connectivity index (χ0n) is 61.1. The zero-order valence-corrected chi connectivity index (χ0v) is 51.1. The predicted octanol–water partition coefficient (Wildman–Crippen LogP) is 21.2. The lowest BCUT2D eigenvalue weighted by molar-refractivity contribution is 0.569. The first-order chi connectivity index (χ1) is 45.3. The molecule has 0 saturated heterocycles. The van der Waals surface area contributed by atoms with Crippen molar-refractivity contribution in [3.05, 3.63) is 259 Å². The average molecular weight is 1130 g/mol. The van der Waals surface area contributed by atoms with Crippen molar-refractivity contribution < 1.29 is 18.1 Å². The van der Waals surface area contributed by atoms with Crippen molar-refractivity contribution in [3.8, 4) is 55.6 Å². The maximum atomic E-state index is 9.48. The van der Waals surface area contributed by atoms with Gasteiger partial charge in [0.25, 0.3) is 6.71 Å². The topological polar surface area (TPSA) is 19.6 Å². The van der Waals surface area contributed by atoms with Crippen LogP contribution in [0.15, 0.2) is 241 Å². The molecule has 0 N–H and O–H groups in total. The summed E-state index contributed by atoms with van der Waals surface area (Å²) in [5.74, 6) is 0. The molecule has 12 aromatic rings. The normalized spacial score (nSPS) is 14.9. The van der Waals surface area contributed by atoms with Gasteiger partial charge in [0.15, 0.2) is 5.58 Å². The van der Waals surface area contributed by atoms with Gasteiger partial charge in [-0.15, -0.1) is 0 Å². The van der Waals surface area contributed by atoms with Crippen LogP contribution in [-0.2, 0) is 21.7 Å². The van der Waals surface area contributed by atoms with Crippen LogP contribution in [0.3, 0.4) is 0 Å². The largest absolute Gasteiger partial charge is 0.454 e. The molecule has 11 aromatic carbocycles. The second-order valence-corrected chi connectivity index (χ2v) is 27.5. The molecule has 0 unspecified atom stereocenters. The fraction of sp³-hybridized carbons (Fsp3) is 0.195. The summed E-state index contributed by atoms with van der Waals surface area (Å²) in [4.78, 5) is 4.67. The first-order valence-electron chi connectivity index (χ1n) is 34.9. The SMILES string of the molecule is [2H]c1c([2H])c([2H])c(-c2ccc3c(c2)B2c4ccc(-c5c([2H])c([2H])c([2H])c([2H])c5[2H])cc4N(c4cccc5c4oc4c(C(C)(C)C)cccc45)c4cc(-c5cc(C(C)(C)C)cc(C(C)(C)C)c5)cc(c42)N3c2c(-c3ccccc3)cc(C(C)(C)C)cc2-c2ccccc2)c([2H])c1[2H]. The van der Waals surface area contributed by atoms with Crippen LogP contribution in [0.25, 0.3) is 77.6 Å². The van der Waals surface area contributed by atoms with Crippen molar-refractivity contribution in [3.63, 3.8) is 0 Å². The molecule has 2 aliphatic heterocycles. The third-order valence-electron chi connectivity index (χ3n) is 17.6. The number of para-hydroxylation sites is 2. The van der Waals surface area contributed by atoms with Gasteiger partial charge in [-0.3, -0.25) is 0 Å². The molecule has 0 bridgehead atoms. The Hall–Kier alpha value is -9.12. The first-order valence-corrected chi connectivity index (χ1v) is 29.9. The Bertz CT molecular complexity index is 5090. The number of furan rings is 1. The highest BCUT2D eigenvalue weighted by molar-refractivity contribution is 7.00. The summed E-state index contributed by atoms with van der Waals surface area (Å²) in [6, 6.07) is 57.5. The summed E-state index contributed by atoms with van der Waals surface area (Å²) in [7, 11) is 0. The molecular formula is C82H75BN2O. The second-order valence-electron chi connectivity index (χ2n) is 27.5. The Labute approximate surface area is 523 Å². The second kappa shape index (κ2) is 20.3. The Balaban J connectivity index is 1.22. The molecular weight excluding hydrogens is 1040 g/mol. The zero-order chi connectivity index (χ0) is 68.3. The lowest BCUT2D eigenvalue weighted by Gasteiger charge is -2.45. The number of hydrogen-bond donors (Lipinski definition) is 0. The Morgan fingerprint density at radius 3 is 1.38 bits per heavy atom. The van der Waals surface area contributed by atoms with Gasteiger partial charge in [0.2, 0.25) is 0 Å². The van der Waals surface area contributed by atoms with Crippen molar-refractivity contribution in [1.29, 1.82) is 0 Å². The molecule has 4 heteroatoms. The van der Waals surface area contributed by atoms with Crippen molar-refractivity contribution in [2.75, 3.05) is 9.80 Å². The van der Waals surface area contributed by atoms with Crippen molar-refractivity contribution in [2.24, 2.45) is 0 Å². The third kappa shape index (κ3) is 9.37. The monoisotopic (exact) mass is 1120 g/mol. The molecule has 0 spiro atoms. The first kappa shape index (κ1) is 44.4. The van der Waals surface area contributed by atoms with Gasteiger partial charge in [0.1, 0.15) is 5.58 Å². The maximum Gasteiger partial charge on any atom is 0.252 e. The summed E-state index contributed by atoms with van der Waals surface area (Å²) in [5, 5.41) is 1.85. The fourth-order valence-corrected chi connectivity index (χ4v) is 13.0. The van der Waals surface area contributed by atoms with Gasteiger partial charge in [0.05, 0.1) is 25.1 Å². The van der Waals surface area contributed by atoms with Gasteiger partial charge in [-0.2, -0.15) is 0 Å². The highest BCUT2D eigenvalue weighted by atomic mass is 16.3. The molecule has 3 nitrogen and oxygen atoms in total. The number of anilines is 6. The lowest BCUT2D eigenvalue weighted by Crippen LogP contribution is -2.61. The van der Waals surface area contributed by atoms with Crippen molar-refractivity contribution in [1.82, 2.24) is 0 Å². The summed E-state index contributed by atoms with van der Waals surface area (Å²) < 4.78 is 98.6. The minimum absolute atomic E-state index is 0.0498. The van der Waals surface area contributed by atoms with Crippen LogP contribution in [0.2, 0.25) is 0 Å². The van der Waals surface area contributed by atoms with E-state index in [1.54, 1.807) is 0 Å². The summed E-state index contributed by atoms with van der Waals surface area (Å²) in [6.45, 7) is 26.1. The quantitative estimate of drug-likeness (QED) is 0.148. The van der Waals surface area contributed by atoms with E-state index in [1.807, 2.05) is 42.5 Å². The molecule has 0 atom stereocenters. The molecule has 422 valence electrons. The summed E-state index contributed by atoms with van der Waals surface area (Å²) in [5.41, 5.74) is 18.7. The Morgan fingerprint density at radius 2 is 0.826 bits per heavy atom. The maximum absolute atomic E-state index is 9.48. The van der Waals surface area contributed by atoms with Crippen LogP contribution in [0, 0.1) is 0 Å². The van der Waals surface area contributed by atoms with Crippen LogP contribution in [0.1, 0.15) is 119 Å². The Kier molecular flexibility index (Phi) is 10.5. The summed E-state index contributed by atoms with van der Waals surface area (Å²) in [6.07, 6.45) is 0. The molecule has 0 fully saturated rings. The number of benzene rings is 11. The molecule has 1 aromatic heterocycles. The smallest absolute Gasteiger partial charge is 0.252 e. The number of rotatable bonds is 7.